The molecule has 1 aliphatic heterocycles. The van der Waals surface area contributed by atoms with Gasteiger partial charge in [0, 0.05) is 30.7 Å². The quantitative estimate of drug-likeness (QED) is 0.255. The highest BCUT2D eigenvalue weighted by Gasteiger charge is 2.13. The highest BCUT2D eigenvalue weighted by Crippen LogP contribution is 2.29. The maximum absolute atomic E-state index is 12.5. The Morgan fingerprint density at radius 2 is 1.65 bits per heavy atom. The minimum Gasteiger partial charge on any atom is -0.378 e. The van der Waals surface area contributed by atoms with Crippen LogP contribution in [0.1, 0.15) is 0 Å². The number of nitrogens with one attached hydrogen (secondary N) is 4. The standard InChI is InChI=1S/C26H25ClN8O2/c27-21-17-29-25(30-18-7-9-20(10-8-18)35-12-14-37-15-13-35)34-24(21)32-22-5-1-2-6-23(22)33-26(36)31-19-4-3-11-28-16-19/h1-11,16-17H,12-15H2,(H2,31,33,36)(H2,29,30,32,34). The molecule has 0 radical (unpaired) electrons. The third kappa shape index (κ3) is 6.43. The van der Waals surface area contributed by atoms with Crippen molar-refractivity contribution in [3.05, 3.63) is 84.3 Å². The van der Waals surface area contributed by atoms with Crippen molar-refractivity contribution < 1.29 is 9.53 Å². The lowest BCUT2D eigenvalue weighted by Crippen LogP contribution is -2.36. The lowest BCUT2D eigenvalue weighted by Gasteiger charge is -2.28. The summed E-state index contributed by atoms with van der Waals surface area (Å²) in [6.45, 7) is 3.23. The number of aromatic nitrogens is 3. The molecule has 5 rings (SSSR count). The summed E-state index contributed by atoms with van der Waals surface area (Å²) in [5, 5.41) is 12.3. The van der Waals surface area contributed by atoms with Crippen molar-refractivity contribution >= 4 is 57.8 Å². The molecule has 4 aromatic rings. The van der Waals surface area contributed by atoms with E-state index in [4.69, 9.17) is 16.3 Å². The van der Waals surface area contributed by atoms with Gasteiger partial charge in [0.1, 0.15) is 5.02 Å². The highest BCUT2D eigenvalue weighted by molar-refractivity contribution is 6.33. The van der Waals surface area contributed by atoms with Crippen LogP contribution in [0.2, 0.25) is 5.02 Å². The van der Waals surface area contributed by atoms with Crippen molar-refractivity contribution in [2.24, 2.45) is 0 Å². The molecule has 37 heavy (non-hydrogen) atoms. The first-order valence-electron chi connectivity index (χ1n) is 11.7. The molecule has 0 bridgehead atoms. The third-order valence-electron chi connectivity index (χ3n) is 5.59. The van der Waals surface area contributed by atoms with Gasteiger partial charge in [-0.05, 0) is 48.5 Å². The lowest BCUT2D eigenvalue weighted by molar-refractivity contribution is 0.122. The second-order valence-corrected chi connectivity index (χ2v) is 8.56. The van der Waals surface area contributed by atoms with E-state index < -0.39 is 6.03 Å². The van der Waals surface area contributed by atoms with Crippen LogP contribution in [0.4, 0.5) is 45.0 Å². The monoisotopic (exact) mass is 516 g/mol. The molecular weight excluding hydrogens is 492 g/mol. The number of benzene rings is 2. The van der Waals surface area contributed by atoms with Gasteiger partial charge < -0.3 is 30.9 Å². The highest BCUT2D eigenvalue weighted by atomic mass is 35.5. The fourth-order valence-electron chi connectivity index (χ4n) is 3.77. The Labute approximate surface area is 219 Å². The topological polar surface area (TPSA) is 116 Å². The van der Waals surface area contributed by atoms with E-state index in [0.29, 0.717) is 33.9 Å². The van der Waals surface area contributed by atoms with Crippen LogP contribution in [0.15, 0.2) is 79.3 Å². The number of morpholine rings is 1. The molecule has 0 aliphatic carbocycles. The molecule has 0 saturated carbocycles. The molecule has 3 heterocycles. The van der Waals surface area contributed by atoms with Gasteiger partial charge in [-0.15, -0.1) is 0 Å². The average Bonchev–Trinajstić information content (AvgIpc) is 2.93. The Hall–Kier alpha value is -4.41. The summed E-state index contributed by atoms with van der Waals surface area (Å²) >= 11 is 6.38. The third-order valence-corrected chi connectivity index (χ3v) is 5.87. The Balaban J connectivity index is 1.27. The molecule has 1 saturated heterocycles. The maximum atomic E-state index is 12.5. The first-order chi connectivity index (χ1) is 18.1. The van der Waals surface area contributed by atoms with Crippen LogP contribution in [-0.4, -0.2) is 47.3 Å². The fourth-order valence-corrected chi connectivity index (χ4v) is 3.91. The molecule has 188 valence electrons. The van der Waals surface area contributed by atoms with Gasteiger partial charge in [0.25, 0.3) is 0 Å². The van der Waals surface area contributed by atoms with Crippen molar-refractivity contribution in [1.29, 1.82) is 0 Å². The number of nitrogens with zero attached hydrogens (tertiary/aromatic N) is 4. The summed E-state index contributed by atoms with van der Waals surface area (Å²) in [7, 11) is 0. The van der Waals surface area contributed by atoms with Gasteiger partial charge in [-0.1, -0.05) is 23.7 Å². The molecule has 2 aromatic carbocycles. The van der Waals surface area contributed by atoms with E-state index in [9.17, 15) is 4.79 Å². The number of hydrogen-bond acceptors (Lipinski definition) is 8. The Bertz CT molecular complexity index is 1350. The van der Waals surface area contributed by atoms with Crippen LogP contribution >= 0.6 is 11.6 Å². The molecule has 0 unspecified atom stereocenters. The molecule has 0 spiro atoms. The van der Waals surface area contributed by atoms with Crippen molar-refractivity contribution in [3.8, 4) is 0 Å². The van der Waals surface area contributed by atoms with E-state index >= 15 is 0 Å². The normalized spacial score (nSPS) is 13.1. The number of halogens is 1. The molecule has 4 N–H and O–H groups in total. The van der Waals surface area contributed by atoms with Crippen LogP contribution in [0.3, 0.4) is 0 Å². The zero-order chi connectivity index (χ0) is 25.5. The van der Waals surface area contributed by atoms with E-state index in [1.807, 2.05) is 30.3 Å². The molecule has 2 aromatic heterocycles. The number of amides is 2. The lowest BCUT2D eigenvalue weighted by atomic mass is 10.2. The number of hydrogen-bond donors (Lipinski definition) is 4. The first-order valence-corrected chi connectivity index (χ1v) is 12.1. The molecule has 1 aliphatic rings. The van der Waals surface area contributed by atoms with Crippen molar-refractivity contribution in [2.75, 3.05) is 52.5 Å². The van der Waals surface area contributed by atoms with Gasteiger partial charge in [-0.25, -0.2) is 9.78 Å². The number of carbonyl (C=O) groups excluding carboxylic acids is 1. The van der Waals surface area contributed by atoms with Gasteiger partial charge >= 0.3 is 6.03 Å². The van der Waals surface area contributed by atoms with Crippen LogP contribution in [0.5, 0.6) is 0 Å². The molecule has 0 atom stereocenters. The van der Waals surface area contributed by atoms with E-state index in [0.717, 1.165) is 37.7 Å². The van der Waals surface area contributed by atoms with Gasteiger partial charge in [0.05, 0.1) is 42.7 Å². The van der Waals surface area contributed by atoms with Crippen LogP contribution in [-0.2, 0) is 4.74 Å². The summed E-state index contributed by atoms with van der Waals surface area (Å²) in [6.07, 6.45) is 4.72. The number of ether oxygens (including phenoxy) is 1. The van der Waals surface area contributed by atoms with E-state index in [2.05, 4.69) is 53.3 Å². The Morgan fingerprint density at radius 1 is 0.865 bits per heavy atom. The van der Waals surface area contributed by atoms with Crippen LogP contribution in [0, 0.1) is 0 Å². The second-order valence-electron chi connectivity index (χ2n) is 8.15. The molecule has 11 heteroatoms. The van der Waals surface area contributed by atoms with Crippen LogP contribution < -0.4 is 26.2 Å². The molecule has 2 amide bonds. The summed E-state index contributed by atoms with van der Waals surface area (Å²) < 4.78 is 5.42. The maximum Gasteiger partial charge on any atom is 0.323 e. The van der Waals surface area contributed by atoms with E-state index in [-0.39, 0.29) is 0 Å². The number of pyridine rings is 1. The summed E-state index contributed by atoms with van der Waals surface area (Å²) in [6, 6.07) is 18.4. The zero-order valence-corrected chi connectivity index (χ0v) is 20.6. The number of rotatable bonds is 7. The van der Waals surface area contributed by atoms with Gasteiger partial charge in [0.15, 0.2) is 5.82 Å². The van der Waals surface area contributed by atoms with E-state index in [1.54, 1.807) is 30.6 Å². The number of anilines is 7. The van der Waals surface area contributed by atoms with Crippen molar-refractivity contribution in [1.82, 2.24) is 15.0 Å². The largest absolute Gasteiger partial charge is 0.378 e. The number of urea groups is 1. The Kier molecular flexibility index (Phi) is 7.58. The summed E-state index contributed by atoms with van der Waals surface area (Å²) in [5.41, 5.74) is 3.74. The van der Waals surface area contributed by atoms with Gasteiger partial charge in [-0.3, -0.25) is 4.98 Å². The number of carbonyl (C=O) groups is 1. The van der Waals surface area contributed by atoms with Gasteiger partial charge in [-0.2, -0.15) is 4.98 Å². The minimum atomic E-state index is -0.404. The fraction of sp³-hybridized carbons (Fsp3) is 0.154. The minimum absolute atomic E-state index is 0.336. The average molecular weight is 517 g/mol. The number of para-hydroxylation sites is 2. The molecular formula is C26H25ClN8O2. The zero-order valence-electron chi connectivity index (χ0n) is 19.8. The Morgan fingerprint density at radius 3 is 2.41 bits per heavy atom. The van der Waals surface area contributed by atoms with Gasteiger partial charge in [0.2, 0.25) is 5.95 Å². The van der Waals surface area contributed by atoms with Crippen molar-refractivity contribution in [2.45, 2.75) is 0 Å². The van der Waals surface area contributed by atoms with Crippen LogP contribution in [0.25, 0.3) is 0 Å². The predicted molar refractivity (Wildman–Crippen MR) is 146 cm³/mol. The van der Waals surface area contributed by atoms with Crippen molar-refractivity contribution in [3.63, 3.8) is 0 Å². The summed E-state index contributed by atoms with van der Waals surface area (Å²) in [4.78, 5) is 27.6. The smallest absolute Gasteiger partial charge is 0.323 e. The predicted octanol–water partition coefficient (Wildman–Crippen LogP) is 5.49. The first kappa shape index (κ1) is 24.3. The second kappa shape index (κ2) is 11.5. The van der Waals surface area contributed by atoms with E-state index in [1.165, 1.54) is 6.20 Å². The summed E-state index contributed by atoms with van der Waals surface area (Å²) in [5.74, 6) is 0.775. The molecule has 1 fully saturated rings. The molecule has 10 nitrogen and oxygen atoms in total. The SMILES string of the molecule is O=C(Nc1cccnc1)Nc1ccccc1Nc1nc(Nc2ccc(N3CCOCC3)cc2)ncc1Cl.